The van der Waals surface area contributed by atoms with Crippen LogP contribution in [0.5, 0.6) is 17.2 Å². The maximum atomic E-state index is 13.2. The number of ether oxygens (including phenoxy) is 4. The third-order valence-corrected chi connectivity index (χ3v) is 20.1. The number of benzene rings is 6. The Bertz CT molecular complexity index is 5140. The zero-order valence-corrected chi connectivity index (χ0v) is 68.4. The van der Waals surface area contributed by atoms with Crippen LogP contribution >= 0.6 is 92.8 Å². The van der Waals surface area contributed by atoms with Crippen molar-refractivity contribution in [1.82, 2.24) is 44.8 Å². The number of alkyl halides is 9. The molecule has 6 aromatic carbocycles. The van der Waals surface area contributed by atoms with Gasteiger partial charge in [-0.15, -0.1) is 12.4 Å². The van der Waals surface area contributed by atoms with Crippen molar-refractivity contribution in [2.24, 2.45) is 0 Å². The number of carbonyl (C=O) groups is 8. The van der Waals surface area contributed by atoms with Crippen LogP contribution in [-0.4, -0.2) is 182 Å². The van der Waals surface area contributed by atoms with Crippen LogP contribution in [0.15, 0.2) is 91.0 Å². The van der Waals surface area contributed by atoms with Gasteiger partial charge < -0.3 is 53.9 Å². The van der Waals surface area contributed by atoms with Crippen LogP contribution < -0.4 is 30.7 Å². The molecule has 0 radical (unpaired) electrons. The molecule has 3 aromatic heterocycles. The fourth-order valence-corrected chi connectivity index (χ4v) is 14.6. The lowest BCUT2D eigenvalue weighted by Crippen LogP contribution is -2.52. The number of thiazole rings is 3. The molecular formula is C73H72Cl5F9N12O13S3. The summed E-state index contributed by atoms with van der Waals surface area (Å²) in [6, 6.07) is 18.0. The zero-order valence-electron chi connectivity index (χ0n) is 62.1. The molecule has 42 heteroatoms. The minimum absolute atomic E-state index is 0. The molecule has 8 amide bonds. The van der Waals surface area contributed by atoms with E-state index >= 15 is 0 Å². The van der Waals surface area contributed by atoms with Gasteiger partial charge in [0.2, 0.25) is 0 Å². The molecule has 115 heavy (non-hydrogen) atoms. The molecule has 9 aromatic rings. The Morgan fingerprint density at radius 1 is 0.426 bits per heavy atom. The number of hydrogen-bond donors (Lipinski definition) is 5. The fourth-order valence-electron chi connectivity index (χ4n) is 10.9. The number of rotatable bonds is 8. The average molecular weight is 1770 g/mol. The Kier molecular flexibility index (Phi) is 29.8. The summed E-state index contributed by atoms with van der Waals surface area (Å²) in [5.41, 5.74) is -1.38. The molecule has 0 spiro atoms. The summed E-state index contributed by atoms with van der Waals surface area (Å²) in [6.07, 6.45) is -15.6. The molecule has 0 unspecified atom stereocenters. The molecule has 0 bridgehead atoms. The highest BCUT2D eigenvalue weighted by atomic mass is 35.5. The van der Waals surface area contributed by atoms with Crippen LogP contribution in [0.25, 0.3) is 30.6 Å². The zero-order chi connectivity index (χ0) is 83.9. The maximum absolute atomic E-state index is 13.2. The third-order valence-electron chi connectivity index (χ3n) is 16.4. The number of nitrogens with one attached hydrogen (secondary N) is 4. The highest BCUT2D eigenvalue weighted by Crippen LogP contribution is 2.40. The largest absolute Gasteiger partial charge is 0.507 e. The Balaban J connectivity index is 0.000000200. The standard InChI is InChI=1S/C26H26ClF3N4O5S.C21H18ClF3N4O3S.C16H10ClF3N2O2S.C10H17ClN2O3.ClH/c1-14-11-16(27)13-17(21(35)32-22-31-18-6-5-15(26(28,29)30)12-19(18)40-22)20(14)38-23(36)33-7-9-34(10-8-33)24(37)39-25(2,3)4;1-11-8-13(22)10-14(17(11)32-20(31)29-6-4-26-5-7-29)18(30)28-19-27-15-3-2-12(21(23,24)25)9-16(15)33-19;1-7-4-9(17)6-10(13(7)23)14(24)22-15-21-11-3-2-8(16(18,19)20)5-12(11)25-15;1-10(2,3)16-9(15)13-6-4-12(5-7-13)8(11)14;/h5-6,11-13H,7-10H2,1-4H3,(H,31,32,35);2-3,8-10,26H,4-7H2,1H3,(H,27,28,30);2-6,23H,1H3,(H,21,22,24);4-7H2,1-3H3;1H. The minimum atomic E-state index is -4.51. The quantitative estimate of drug-likeness (QED) is 0.0536. The molecule has 618 valence electrons. The van der Waals surface area contributed by atoms with Crippen LogP contribution in [0, 0.1) is 20.8 Å². The monoisotopic (exact) mass is 1770 g/mol. The summed E-state index contributed by atoms with van der Waals surface area (Å²) in [5.74, 6) is -2.21. The number of halogens is 14. The number of phenols is 1. The molecule has 5 N–H and O–H groups in total. The van der Waals surface area contributed by atoms with Crippen LogP contribution in [0.4, 0.5) is 78.9 Å². The molecule has 25 nitrogen and oxygen atoms in total. The molecule has 3 saturated heterocycles. The SMILES string of the molecule is CC(C)(C)OC(=O)N1CCN(C(=O)Cl)CC1.Cc1cc(Cl)cc(C(=O)Nc2nc3ccc(C(F)(F)F)cc3s2)c1O.Cc1cc(Cl)cc(C(=O)Nc2nc3ccc(C(F)(F)F)cc3s2)c1OC(=O)N1CCN(C(=O)OC(C)(C)C)CC1.Cc1cc(Cl)cc(C(=O)Nc2nc3ccc(C(F)(F)F)cc3s2)c1OC(=O)N1CCNCC1.Cl. The number of amides is 8. The van der Waals surface area contributed by atoms with Gasteiger partial charge in [0.05, 0.1) is 64.0 Å². The second kappa shape index (κ2) is 37.6. The van der Waals surface area contributed by atoms with E-state index in [0.717, 1.165) is 70.4 Å². The van der Waals surface area contributed by atoms with E-state index < -0.39 is 87.8 Å². The first-order valence-corrected chi connectivity index (χ1v) is 38.1. The van der Waals surface area contributed by atoms with Crippen molar-refractivity contribution in [1.29, 1.82) is 0 Å². The van der Waals surface area contributed by atoms with Crippen molar-refractivity contribution in [3.05, 3.63) is 156 Å². The van der Waals surface area contributed by atoms with E-state index in [1.165, 1.54) is 68.1 Å². The number of aromatic nitrogens is 3. The Hall–Kier alpha value is -9.47. The van der Waals surface area contributed by atoms with Crippen molar-refractivity contribution in [3.63, 3.8) is 0 Å². The van der Waals surface area contributed by atoms with Gasteiger partial charge in [0.25, 0.3) is 17.7 Å². The summed E-state index contributed by atoms with van der Waals surface area (Å²) < 4.78 is 139. The van der Waals surface area contributed by atoms with Gasteiger partial charge in [-0.05, 0) is 182 Å². The van der Waals surface area contributed by atoms with Crippen molar-refractivity contribution in [2.75, 3.05) is 94.5 Å². The minimum Gasteiger partial charge on any atom is -0.507 e. The van der Waals surface area contributed by atoms with Gasteiger partial charge in [-0.1, -0.05) is 68.8 Å². The van der Waals surface area contributed by atoms with E-state index in [2.05, 4.69) is 36.2 Å². The highest BCUT2D eigenvalue weighted by Gasteiger charge is 2.36. The summed E-state index contributed by atoms with van der Waals surface area (Å²) in [4.78, 5) is 119. The van der Waals surface area contributed by atoms with Crippen LogP contribution in [0.1, 0.15) is 106 Å². The lowest BCUT2D eigenvalue weighted by atomic mass is 10.1. The molecule has 0 aliphatic carbocycles. The summed E-state index contributed by atoms with van der Waals surface area (Å²) >= 11 is 26.2. The second-order valence-electron chi connectivity index (χ2n) is 27.4. The summed E-state index contributed by atoms with van der Waals surface area (Å²) in [6.45, 7) is 20.5. The van der Waals surface area contributed by atoms with E-state index in [0.29, 0.717) is 80.1 Å². The number of fused-ring (bicyclic) bond motifs is 3. The Labute approximate surface area is 688 Å². The van der Waals surface area contributed by atoms with Crippen molar-refractivity contribution in [2.45, 2.75) is 92.0 Å². The molecule has 0 saturated carbocycles. The number of phenolic OH excluding ortho intramolecular Hbond substituents is 1. The summed E-state index contributed by atoms with van der Waals surface area (Å²) in [5, 5.41) is 21.3. The third kappa shape index (κ3) is 25.0. The molecule has 12 rings (SSSR count). The van der Waals surface area contributed by atoms with Crippen molar-refractivity contribution in [3.8, 4) is 17.2 Å². The van der Waals surface area contributed by atoms with E-state index in [-0.39, 0.29) is 129 Å². The molecular weight excluding hydrogens is 1700 g/mol. The van der Waals surface area contributed by atoms with Gasteiger partial charge in [0, 0.05) is 93.6 Å². The lowest BCUT2D eigenvalue weighted by Gasteiger charge is -2.35. The van der Waals surface area contributed by atoms with E-state index in [1.807, 2.05) is 20.8 Å². The van der Waals surface area contributed by atoms with Crippen molar-refractivity contribution < 1.29 is 102 Å². The highest BCUT2D eigenvalue weighted by molar-refractivity contribution is 7.23. The first-order chi connectivity index (χ1) is 53.2. The fraction of sp³-hybridized carbons (Fsp3) is 0.356. The number of aryl methyl sites for hydroxylation is 3. The smallest absolute Gasteiger partial charge is 0.416 e. The Morgan fingerprint density at radius 2 is 0.713 bits per heavy atom. The summed E-state index contributed by atoms with van der Waals surface area (Å²) in [7, 11) is 0. The predicted octanol–water partition coefficient (Wildman–Crippen LogP) is 19.1. The number of piperazine rings is 3. The van der Waals surface area contributed by atoms with E-state index in [9.17, 15) is 83.0 Å². The van der Waals surface area contributed by atoms with Gasteiger partial charge >= 0.3 is 48.3 Å². The first-order valence-electron chi connectivity index (χ1n) is 34.2. The van der Waals surface area contributed by atoms with Gasteiger partial charge in [-0.25, -0.2) is 34.1 Å². The molecule has 3 aliphatic heterocycles. The van der Waals surface area contributed by atoms with E-state index in [4.69, 9.17) is 65.4 Å². The van der Waals surface area contributed by atoms with Gasteiger partial charge in [0.1, 0.15) is 28.5 Å². The number of carbonyl (C=O) groups excluding carboxylic acids is 8. The number of aromatic hydroxyl groups is 1. The lowest BCUT2D eigenvalue weighted by molar-refractivity contribution is -0.138. The second-order valence-corrected chi connectivity index (χ2v) is 32.1. The topological polar surface area (TPSA) is 297 Å². The van der Waals surface area contributed by atoms with Gasteiger partial charge in [0.15, 0.2) is 15.4 Å². The Morgan fingerprint density at radius 3 is 1.03 bits per heavy atom. The first kappa shape index (κ1) is 91.1. The van der Waals surface area contributed by atoms with Crippen molar-refractivity contribution >= 4 is 186 Å². The van der Waals surface area contributed by atoms with Crippen LogP contribution in [0.3, 0.4) is 0 Å². The number of anilines is 3. The average Bonchev–Trinajstić information content (AvgIpc) is 1.66. The molecule has 3 aliphatic rings. The maximum Gasteiger partial charge on any atom is 0.416 e. The normalized spacial score (nSPS) is 14.1. The number of hydrogen-bond acceptors (Lipinski definition) is 20. The molecule has 6 heterocycles. The molecule has 0 atom stereocenters. The predicted molar refractivity (Wildman–Crippen MR) is 422 cm³/mol. The molecule has 3 fully saturated rings. The van der Waals surface area contributed by atoms with Crippen LogP contribution in [0.2, 0.25) is 15.1 Å². The van der Waals surface area contributed by atoms with E-state index in [1.54, 1.807) is 52.5 Å². The van der Waals surface area contributed by atoms with Gasteiger partial charge in [-0.3, -0.25) is 35.1 Å². The van der Waals surface area contributed by atoms with Crippen LogP contribution in [-0.2, 0) is 28.0 Å². The van der Waals surface area contributed by atoms with Gasteiger partial charge in [-0.2, -0.15) is 39.5 Å². The number of nitrogens with zero attached hydrogens (tertiary/aromatic N) is 8.